The van der Waals surface area contributed by atoms with E-state index in [1.54, 1.807) is 35.6 Å². The number of nitrogens with zero attached hydrogens (tertiary/aromatic N) is 2. The third-order valence-electron chi connectivity index (χ3n) is 8.97. The van der Waals surface area contributed by atoms with E-state index in [0.29, 0.717) is 11.4 Å². The summed E-state index contributed by atoms with van der Waals surface area (Å²) in [7, 11) is -1.77. The Morgan fingerprint density at radius 2 is 1.55 bits per heavy atom. The number of benzene rings is 3. The molecule has 3 aromatic carbocycles. The van der Waals surface area contributed by atoms with Crippen LogP contribution in [0.2, 0.25) is 0 Å². The van der Waals surface area contributed by atoms with Crippen LogP contribution in [0.4, 0.5) is 0 Å². The van der Waals surface area contributed by atoms with Gasteiger partial charge in [0.15, 0.2) is 0 Å². The first-order valence-electron chi connectivity index (χ1n) is 14.3. The minimum Gasteiger partial charge on any atom is -0.303 e. The fourth-order valence-corrected chi connectivity index (χ4v) is 7.94. The Balaban J connectivity index is 1.20. The maximum Gasteiger partial charge on any atom is 0.242 e. The van der Waals surface area contributed by atoms with Crippen LogP contribution < -0.4 is 0 Å². The molecular weight excluding hydrogens is 488 g/mol. The zero-order valence-corrected chi connectivity index (χ0v) is 23.6. The fraction of sp³-hybridized carbons (Fsp3) is 0.455. The molecule has 3 aromatic rings. The Bertz CT molecular complexity index is 1270. The van der Waals surface area contributed by atoms with E-state index in [9.17, 15) is 8.42 Å². The van der Waals surface area contributed by atoms with Crippen LogP contribution in [-0.2, 0) is 28.3 Å². The predicted octanol–water partition coefficient (Wildman–Crippen LogP) is 6.32. The summed E-state index contributed by atoms with van der Waals surface area (Å²) in [5, 5.41) is 0. The van der Waals surface area contributed by atoms with Crippen LogP contribution in [0.15, 0.2) is 89.8 Å². The zero-order valence-electron chi connectivity index (χ0n) is 22.8. The SMILES string of the molecule is CN(CC1(CCN2CCC(CCCc3ccccc3)CC2)CCc2ccccc21)S(=O)(=O)c1ccccc1. The van der Waals surface area contributed by atoms with Gasteiger partial charge in [-0.3, -0.25) is 0 Å². The van der Waals surface area contributed by atoms with Crippen LogP contribution in [0.25, 0.3) is 0 Å². The molecule has 1 heterocycles. The Morgan fingerprint density at radius 3 is 2.29 bits per heavy atom. The minimum atomic E-state index is -3.53. The third kappa shape index (κ3) is 6.22. The van der Waals surface area contributed by atoms with Crippen molar-refractivity contribution in [2.45, 2.75) is 61.7 Å². The van der Waals surface area contributed by atoms with Gasteiger partial charge in [-0.1, -0.05) is 79.2 Å². The summed E-state index contributed by atoms with van der Waals surface area (Å²) in [6, 6.07) is 28.4. The van der Waals surface area contributed by atoms with Gasteiger partial charge in [-0.15, -0.1) is 0 Å². The largest absolute Gasteiger partial charge is 0.303 e. The van der Waals surface area contributed by atoms with E-state index in [0.717, 1.165) is 44.8 Å². The van der Waals surface area contributed by atoms with Crippen molar-refractivity contribution in [2.75, 3.05) is 33.2 Å². The van der Waals surface area contributed by atoms with Crippen LogP contribution in [0, 0.1) is 5.92 Å². The third-order valence-corrected chi connectivity index (χ3v) is 10.8. The fourth-order valence-electron chi connectivity index (χ4n) is 6.66. The molecule has 0 N–H and O–H groups in total. The quantitative estimate of drug-likeness (QED) is 0.291. The summed E-state index contributed by atoms with van der Waals surface area (Å²) in [5.41, 5.74) is 4.05. The normalized spacial score (nSPS) is 20.6. The molecule has 0 amide bonds. The monoisotopic (exact) mass is 530 g/mol. The lowest BCUT2D eigenvalue weighted by Gasteiger charge is -2.38. The first-order valence-corrected chi connectivity index (χ1v) is 15.8. The summed E-state index contributed by atoms with van der Waals surface area (Å²) < 4.78 is 28.4. The minimum absolute atomic E-state index is 0.139. The lowest BCUT2D eigenvalue weighted by molar-refractivity contribution is 0.158. The van der Waals surface area contributed by atoms with Crippen molar-refractivity contribution in [2.24, 2.45) is 5.92 Å². The van der Waals surface area contributed by atoms with Crippen LogP contribution in [0.1, 0.15) is 55.2 Å². The van der Waals surface area contributed by atoms with Crippen LogP contribution in [0.5, 0.6) is 0 Å². The average Bonchev–Trinajstić information content (AvgIpc) is 3.32. The van der Waals surface area contributed by atoms with E-state index < -0.39 is 10.0 Å². The molecule has 1 fully saturated rings. The van der Waals surface area contributed by atoms with Crippen molar-refractivity contribution >= 4 is 10.0 Å². The van der Waals surface area contributed by atoms with Crippen molar-refractivity contribution in [1.29, 1.82) is 0 Å². The summed E-state index contributed by atoms with van der Waals surface area (Å²) in [4.78, 5) is 3.00. The number of likely N-dealkylation sites (tertiary alicyclic amines) is 1. The topological polar surface area (TPSA) is 40.6 Å². The van der Waals surface area contributed by atoms with Crippen LogP contribution in [-0.4, -0.2) is 50.8 Å². The van der Waals surface area contributed by atoms with Gasteiger partial charge in [0, 0.05) is 19.0 Å². The molecule has 0 bridgehead atoms. The second-order valence-electron chi connectivity index (χ2n) is 11.4. The lowest BCUT2D eigenvalue weighted by atomic mass is 9.78. The van der Waals surface area contributed by atoms with Gasteiger partial charge >= 0.3 is 0 Å². The van der Waals surface area contributed by atoms with E-state index in [-0.39, 0.29) is 5.41 Å². The van der Waals surface area contributed by atoms with Gasteiger partial charge < -0.3 is 4.90 Å². The van der Waals surface area contributed by atoms with Crippen LogP contribution >= 0.6 is 0 Å². The van der Waals surface area contributed by atoms with E-state index in [1.165, 1.54) is 48.8 Å². The Labute approximate surface area is 229 Å². The number of fused-ring (bicyclic) bond motifs is 1. The second-order valence-corrected chi connectivity index (χ2v) is 13.5. The van der Waals surface area contributed by atoms with Gasteiger partial charge in [0.05, 0.1) is 4.90 Å². The van der Waals surface area contributed by atoms with Gasteiger partial charge in [0.1, 0.15) is 0 Å². The molecular formula is C33H42N2O2S. The van der Waals surface area contributed by atoms with Crippen molar-refractivity contribution in [1.82, 2.24) is 9.21 Å². The lowest BCUT2D eigenvalue weighted by Crippen LogP contribution is -2.44. The van der Waals surface area contributed by atoms with Gasteiger partial charge in [-0.2, -0.15) is 0 Å². The summed E-state index contributed by atoms with van der Waals surface area (Å²) in [5.74, 6) is 0.832. The van der Waals surface area contributed by atoms with Crippen LogP contribution in [0.3, 0.4) is 0 Å². The van der Waals surface area contributed by atoms with E-state index in [1.807, 2.05) is 6.07 Å². The van der Waals surface area contributed by atoms with E-state index >= 15 is 0 Å². The van der Waals surface area contributed by atoms with Crippen molar-refractivity contribution in [3.63, 3.8) is 0 Å². The smallest absolute Gasteiger partial charge is 0.242 e. The number of aryl methyl sites for hydroxylation is 2. The molecule has 5 rings (SSSR count). The Hall–Kier alpha value is -2.47. The molecule has 1 aliphatic carbocycles. The first kappa shape index (κ1) is 27.1. The number of piperidine rings is 1. The Morgan fingerprint density at radius 1 is 0.895 bits per heavy atom. The average molecular weight is 531 g/mol. The molecule has 0 radical (unpaired) electrons. The maximum atomic E-state index is 13.4. The summed E-state index contributed by atoms with van der Waals surface area (Å²) >= 11 is 0. The maximum absolute atomic E-state index is 13.4. The van der Waals surface area contributed by atoms with Crippen molar-refractivity contribution < 1.29 is 8.42 Å². The number of hydrogen-bond donors (Lipinski definition) is 0. The van der Waals surface area contributed by atoms with Gasteiger partial charge in [0.2, 0.25) is 10.0 Å². The van der Waals surface area contributed by atoms with Crippen molar-refractivity contribution in [3.05, 3.63) is 102 Å². The van der Waals surface area contributed by atoms with Crippen molar-refractivity contribution in [3.8, 4) is 0 Å². The first-order chi connectivity index (χ1) is 18.5. The second kappa shape index (κ2) is 12.1. The molecule has 0 saturated carbocycles. The van der Waals surface area contributed by atoms with E-state index in [2.05, 4.69) is 59.5 Å². The zero-order chi connectivity index (χ0) is 26.4. The molecule has 0 spiro atoms. The molecule has 4 nitrogen and oxygen atoms in total. The summed E-state index contributed by atoms with van der Waals surface area (Å²) in [6.07, 6.45) is 9.37. The summed E-state index contributed by atoms with van der Waals surface area (Å²) in [6.45, 7) is 3.87. The number of hydrogen-bond acceptors (Lipinski definition) is 3. The highest BCUT2D eigenvalue weighted by Gasteiger charge is 2.41. The van der Waals surface area contributed by atoms with Gasteiger partial charge in [-0.05, 0) is 99.3 Å². The molecule has 202 valence electrons. The molecule has 0 aromatic heterocycles. The molecule has 1 atom stereocenters. The predicted molar refractivity (Wildman–Crippen MR) is 156 cm³/mol. The Kier molecular flexibility index (Phi) is 8.67. The number of sulfonamides is 1. The molecule has 2 aliphatic rings. The molecule has 5 heteroatoms. The highest BCUT2D eigenvalue weighted by molar-refractivity contribution is 7.89. The molecule has 38 heavy (non-hydrogen) atoms. The van der Waals surface area contributed by atoms with Gasteiger partial charge in [-0.25, -0.2) is 12.7 Å². The highest BCUT2D eigenvalue weighted by Crippen LogP contribution is 2.43. The van der Waals surface area contributed by atoms with Gasteiger partial charge in [0.25, 0.3) is 0 Å². The number of likely N-dealkylation sites (N-methyl/N-ethyl adjacent to an activating group) is 1. The molecule has 1 aliphatic heterocycles. The number of rotatable bonds is 11. The molecule has 1 saturated heterocycles. The standard InChI is InChI=1S/C33H42N2O2S/c1-34(38(36,37)31-16-6-3-7-17-31)27-33(22-19-30-15-8-9-18-32(30)33)23-26-35-24-20-29(21-25-35)14-10-13-28-11-4-2-5-12-28/h2-9,11-12,15-18,29H,10,13-14,19-27H2,1H3. The molecule has 1 unspecified atom stereocenters. The highest BCUT2D eigenvalue weighted by atomic mass is 32.2. The van der Waals surface area contributed by atoms with E-state index in [4.69, 9.17) is 0 Å².